The molecule has 4 nitrogen and oxygen atoms in total. The van der Waals surface area contributed by atoms with E-state index < -0.39 is 12.2 Å². The van der Waals surface area contributed by atoms with Gasteiger partial charge in [-0.25, -0.2) is 0 Å². The van der Waals surface area contributed by atoms with Crippen LogP contribution in [0.1, 0.15) is 44.9 Å². The van der Waals surface area contributed by atoms with Gasteiger partial charge >= 0.3 is 0 Å². The highest BCUT2D eigenvalue weighted by Crippen LogP contribution is 2.50. The molecule has 18 heavy (non-hydrogen) atoms. The van der Waals surface area contributed by atoms with Crippen LogP contribution in [0.15, 0.2) is 0 Å². The van der Waals surface area contributed by atoms with Gasteiger partial charge in [-0.3, -0.25) is 9.59 Å². The first-order valence-corrected chi connectivity index (χ1v) is 6.74. The van der Waals surface area contributed by atoms with E-state index in [-0.39, 0.29) is 17.0 Å². The Hall–Kier alpha value is -0.740. The van der Waals surface area contributed by atoms with E-state index in [1.54, 1.807) is 0 Å². The summed E-state index contributed by atoms with van der Waals surface area (Å²) in [5.41, 5.74) is 0.236. The summed E-state index contributed by atoms with van der Waals surface area (Å²) in [4.78, 5) is 24.2. The lowest BCUT2D eigenvalue weighted by Crippen LogP contribution is -2.42. The molecule has 2 aliphatic rings. The minimum absolute atomic E-state index is 0.0663. The van der Waals surface area contributed by atoms with E-state index in [0.29, 0.717) is 12.8 Å². The average molecular weight is 254 g/mol. The second-order valence-electron chi connectivity index (χ2n) is 5.64. The summed E-state index contributed by atoms with van der Waals surface area (Å²) in [6.45, 7) is 0. The zero-order chi connectivity index (χ0) is 13.2. The van der Waals surface area contributed by atoms with Crippen molar-refractivity contribution in [2.45, 2.75) is 51.2 Å². The molecule has 102 valence electrons. The van der Waals surface area contributed by atoms with Crippen molar-refractivity contribution in [2.75, 3.05) is 14.2 Å². The second-order valence-corrected chi connectivity index (χ2v) is 5.64. The highest BCUT2D eigenvalue weighted by Gasteiger charge is 2.45. The van der Waals surface area contributed by atoms with Gasteiger partial charge in [0.25, 0.3) is 0 Å². The fraction of sp³-hybridized carbons (Fsp3) is 0.857. The molecule has 0 aromatic rings. The SMILES string of the molecule is COC(OC)C(=O)C1CC2(CCCC2)CCC1=O. The summed E-state index contributed by atoms with van der Waals surface area (Å²) in [5.74, 6) is -0.644. The van der Waals surface area contributed by atoms with Crippen LogP contribution in [0.25, 0.3) is 0 Å². The molecule has 1 spiro atoms. The first kappa shape index (κ1) is 13.7. The number of carbonyl (C=O) groups is 2. The molecule has 1 atom stereocenters. The molecule has 0 heterocycles. The zero-order valence-corrected chi connectivity index (χ0v) is 11.2. The van der Waals surface area contributed by atoms with Crippen molar-refractivity contribution in [2.24, 2.45) is 11.3 Å². The van der Waals surface area contributed by atoms with Crippen molar-refractivity contribution < 1.29 is 19.1 Å². The minimum atomic E-state index is -0.893. The van der Waals surface area contributed by atoms with Crippen LogP contribution < -0.4 is 0 Å². The second kappa shape index (κ2) is 5.49. The number of methoxy groups -OCH3 is 2. The van der Waals surface area contributed by atoms with Crippen LogP contribution >= 0.6 is 0 Å². The highest BCUT2D eigenvalue weighted by atomic mass is 16.7. The third-order valence-electron chi connectivity index (χ3n) is 4.60. The fourth-order valence-electron chi connectivity index (χ4n) is 3.54. The van der Waals surface area contributed by atoms with Crippen molar-refractivity contribution in [3.63, 3.8) is 0 Å². The van der Waals surface area contributed by atoms with Crippen molar-refractivity contribution in [1.29, 1.82) is 0 Å². The lowest BCUT2D eigenvalue weighted by Gasteiger charge is -2.37. The molecule has 0 aromatic heterocycles. The first-order valence-electron chi connectivity index (χ1n) is 6.74. The molecular formula is C14H22O4. The molecule has 2 aliphatic carbocycles. The number of Topliss-reactive ketones (excluding diaryl/α,β-unsaturated/α-hetero) is 2. The van der Waals surface area contributed by atoms with Gasteiger partial charge in [-0.2, -0.15) is 0 Å². The molecule has 0 saturated heterocycles. The van der Waals surface area contributed by atoms with Gasteiger partial charge in [-0.05, 0) is 31.1 Å². The van der Waals surface area contributed by atoms with Gasteiger partial charge in [0.15, 0.2) is 5.78 Å². The molecule has 0 bridgehead atoms. The molecule has 0 aliphatic heterocycles. The van der Waals surface area contributed by atoms with Crippen molar-refractivity contribution >= 4 is 11.6 Å². The summed E-state index contributed by atoms with van der Waals surface area (Å²) < 4.78 is 9.98. The smallest absolute Gasteiger partial charge is 0.218 e. The maximum Gasteiger partial charge on any atom is 0.218 e. The van der Waals surface area contributed by atoms with Crippen LogP contribution in [0.3, 0.4) is 0 Å². The van der Waals surface area contributed by atoms with E-state index in [0.717, 1.165) is 19.3 Å². The summed E-state index contributed by atoms with van der Waals surface area (Å²) in [6.07, 6.45) is 6.09. The maximum atomic E-state index is 12.2. The van der Waals surface area contributed by atoms with E-state index in [4.69, 9.17) is 9.47 Å². The van der Waals surface area contributed by atoms with Gasteiger partial charge in [-0.15, -0.1) is 0 Å². The van der Waals surface area contributed by atoms with Crippen molar-refractivity contribution in [3.8, 4) is 0 Å². The molecule has 0 amide bonds. The van der Waals surface area contributed by atoms with E-state index in [9.17, 15) is 9.59 Å². The standard InChI is InChI=1S/C14H22O4/c1-17-13(18-2)12(16)10-9-14(6-3-4-7-14)8-5-11(10)15/h10,13H,3-9H2,1-2H3. The van der Waals surface area contributed by atoms with Crippen LogP contribution in [0.4, 0.5) is 0 Å². The van der Waals surface area contributed by atoms with Gasteiger partial charge < -0.3 is 9.47 Å². The molecule has 2 fully saturated rings. The minimum Gasteiger partial charge on any atom is -0.349 e. The van der Waals surface area contributed by atoms with Gasteiger partial charge in [0.2, 0.25) is 6.29 Å². The number of hydrogen-bond donors (Lipinski definition) is 0. The quantitative estimate of drug-likeness (QED) is 0.569. The highest BCUT2D eigenvalue weighted by molar-refractivity contribution is 6.04. The van der Waals surface area contributed by atoms with Crippen LogP contribution in [-0.2, 0) is 19.1 Å². The van der Waals surface area contributed by atoms with E-state index in [2.05, 4.69) is 0 Å². The number of hydrogen-bond acceptors (Lipinski definition) is 4. The predicted molar refractivity (Wildman–Crippen MR) is 66.1 cm³/mol. The monoisotopic (exact) mass is 254 g/mol. The Morgan fingerprint density at radius 1 is 1.22 bits per heavy atom. The maximum absolute atomic E-state index is 12.2. The average Bonchev–Trinajstić information content (AvgIpc) is 2.82. The zero-order valence-electron chi connectivity index (χ0n) is 11.2. The number of ketones is 2. The molecule has 0 radical (unpaired) electrons. The normalized spacial score (nSPS) is 27.1. The molecule has 2 saturated carbocycles. The fourth-order valence-corrected chi connectivity index (χ4v) is 3.54. The molecule has 0 aromatic carbocycles. The Morgan fingerprint density at radius 3 is 2.39 bits per heavy atom. The molecule has 0 N–H and O–H groups in total. The van der Waals surface area contributed by atoms with Crippen LogP contribution in [-0.4, -0.2) is 32.1 Å². The summed E-state index contributed by atoms with van der Waals surface area (Å²) in [5, 5.41) is 0. The van der Waals surface area contributed by atoms with Crippen LogP contribution in [0.2, 0.25) is 0 Å². The summed E-state index contributed by atoms with van der Waals surface area (Å²) in [7, 11) is 2.87. The Labute approximate surface area is 108 Å². The third kappa shape index (κ3) is 2.50. The molecule has 4 heteroatoms. The van der Waals surface area contributed by atoms with Crippen molar-refractivity contribution in [3.05, 3.63) is 0 Å². The lowest BCUT2D eigenvalue weighted by atomic mass is 9.67. The van der Waals surface area contributed by atoms with E-state index >= 15 is 0 Å². The third-order valence-corrected chi connectivity index (χ3v) is 4.60. The van der Waals surface area contributed by atoms with Crippen molar-refractivity contribution in [1.82, 2.24) is 0 Å². The number of carbonyl (C=O) groups excluding carboxylic acids is 2. The van der Waals surface area contributed by atoms with Gasteiger partial charge in [0.05, 0.1) is 5.92 Å². The Bertz CT molecular complexity index is 327. The van der Waals surface area contributed by atoms with Gasteiger partial charge in [0, 0.05) is 20.6 Å². The van der Waals surface area contributed by atoms with Crippen LogP contribution in [0, 0.1) is 11.3 Å². The van der Waals surface area contributed by atoms with Gasteiger partial charge in [0.1, 0.15) is 5.78 Å². The summed E-state index contributed by atoms with van der Waals surface area (Å²) >= 11 is 0. The number of ether oxygens (including phenoxy) is 2. The summed E-state index contributed by atoms with van der Waals surface area (Å²) in [6, 6.07) is 0. The van der Waals surface area contributed by atoms with E-state index in [1.165, 1.54) is 27.1 Å². The largest absolute Gasteiger partial charge is 0.349 e. The van der Waals surface area contributed by atoms with E-state index in [1.807, 2.05) is 0 Å². The molecular weight excluding hydrogens is 232 g/mol. The lowest BCUT2D eigenvalue weighted by molar-refractivity contribution is -0.165. The first-order chi connectivity index (χ1) is 8.62. The van der Waals surface area contributed by atoms with Gasteiger partial charge in [-0.1, -0.05) is 12.8 Å². The predicted octanol–water partition coefficient (Wildman–Crippen LogP) is 2.10. The number of rotatable bonds is 4. The molecule has 2 rings (SSSR count). The topological polar surface area (TPSA) is 52.6 Å². The Balaban J connectivity index is 2.10. The Kier molecular flexibility index (Phi) is 4.17. The molecule has 1 unspecified atom stereocenters. The Morgan fingerprint density at radius 2 is 1.83 bits per heavy atom. The van der Waals surface area contributed by atoms with Crippen LogP contribution in [0.5, 0.6) is 0 Å².